The number of hydrogen-bond acceptors (Lipinski definition) is 5. The fraction of sp³-hybridized carbons (Fsp3) is 0.286. The number of amides is 1. The number of rotatable bonds is 7. The molecule has 0 spiro atoms. The molecular formula is C21H22N4OS2. The first-order valence-corrected chi connectivity index (χ1v) is 11.3. The summed E-state index contributed by atoms with van der Waals surface area (Å²) < 4.78 is 3.39. The third kappa shape index (κ3) is 3.64. The molecule has 0 N–H and O–H groups in total. The Kier molecular flexibility index (Phi) is 5.64. The average molecular weight is 411 g/mol. The van der Waals surface area contributed by atoms with Crippen molar-refractivity contribution in [3.63, 3.8) is 0 Å². The first-order valence-electron chi connectivity index (χ1n) is 9.40. The van der Waals surface area contributed by atoms with Crippen molar-refractivity contribution >= 4 is 44.7 Å². The number of hydrogen-bond donors (Lipinski definition) is 0. The van der Waals surface area contributed by atoms with Gasteiger partial charge in [0, 0.05) is 19.5 Å². The van der Waals surface area contributed by atoms with E-state index in [1.54, 1.807) is 11.3 Å². The molecule has 1 amide bonds. The van der Waals surface area contributed by atoms with E-state index in [-0.39, 0.29) is 5.91 Å². The molecule has 0 fully saturated rings. The molecule has 0 saturated carbocycles. The monoisotopic (exact) mass is 410 g/mol. The van der Waals surface area contributed by atoms with Gasteiger partial charge in [-0.15, -0.1) is 21.5 Å². The second kappa shape index (κ2) is 8.32. The first kappa shape index (κ1) is 19.0. The lowest BCUT2D eigenvalue weighted by atomic mass is 10.2. The fourth-order valence-corrected chi connectivity index (χ4v) is 4.94. The highest BCUT2D eigenvalue weighted by atomic mass is 32.2. The van der Waals surface area contributed by atoms with Crippen LogP contribution < -0.4 is 0 Å². The first-order chi connectivity index (χ1) is 13.7. The zero-order valence-corrected chi connectivity index (χ0v) is 17.6. The Morgan fingerprint density at radius 1 is 1.14 bits per heavy atom. The van der Waals surface area contributed by atoms with Crippen molar-refractivity contribution in [2.75, 3.05) is 12.3 Å². The number of aromatic nitrogens is 3. The molecule has 0 atom stereocenters. The van der Waals surface area contributed by atoms with Gasteiger partial charge in [0.2, 0.25) is 5.91 Å². The van der Waals surface area contributed by atoms with E-state index < -0.39 is 0 Å². The maximum absolute atomic E-state index is 12.8. The number of thioether (sulfide) groups is 1. The Morgan fingerprint density at radius 2 is 1.96 bits per heavy atom. The van der Waals surface area contributed by atoms with Gasteiger partial charge in [-0.1, -0.05) is 49.0 Å². The second-order valence-corrected chi connectivity index (χ2v) is 8.40. The molecule has 0 bridgehead atoms. The number of benzene rings is 1. The Labute approximate surface area is 172 Å². The Balaban J connectivity index is 1.54. The molecule has 0 aliphatic rings. The molecule has 1 aromatic carbocycles. The number of thiophene rings is 1. The average Bonchev–Trinajstić information content (AvgIpc) is 3.32. The van der Waals surface area contributed by atoms with Crippen molar-refractivity contribution in [2.24, 2.45) is 0 Å². The van der Waals surface area contributed by atoms with Crippen LogP contribution in [0.15, 0.2) is 52.9 Å². The van der Waals surface area contributed by atoms with Crippen LogP contribution in [-0.2, 0) is 17.8 Å². The van der Waals surface area contributed by atoms with Crippen molar-refractivity contribution in [2.45, 2.75) is 31.8 Å². The maximum atomic E-state index is 12.8. The largest absolute Gasteiger partial charge is 0.338 e. The molecule has 5 nitrogen and oxygen atoms in total. The highest BCUT2D eigenvalue weighted by Crippen LogP contribution is 2.31. The summed E-state index contributed by atoms with van der Waals surface area (Å²) in [7, 11) is 0. The van der Waals surface area contributed by atoms with Crippen LogP contribution in [-0.4, -0.2) is 37.7 Å². The molecule has 0 radical (unpaired) electrons. The standard InChI is InChI=1S/C21H22N4OS2/c1-3-19-22-23-21(17-12-18-16(25(17)19)10-11-27-18)28-14-20(26)24(4-2)13-15-8-6-5-7-9-15/h5-12H,3-4,13-14H2,1-2H3. The van der Waals surface area contributed by atoms with Crippen LogP contribution in [0.1, 0.15) is 25.2 Å². The van der Waals surface area contributed by atoms with Gasteiger partial charge in [0.25, 0.3) is 0 Å². The van der Waals surface area contributed by atoms with Gasteiger partial charge in [0.05, 0.1) is 21.5 Å². The number of fused-ring (bicyclic) bond motifs is 3. The maximum Gasteiger partial charge on any atom is 0.233 e. The molecule has 0 aliphatic heterocycles. The normalized spacial score (nSPS) is 11.4. The Morgan fingerprint density at radius 3 is 2.71 bits per heavy atom. The summed E-state index contributed by atoms with van der Waals surface area (Å²) in [6, 6.07) is 14.4. The van der Waals surface area contributed by atoms with Crippen LogP contribution in [0, 0.1) is 0 Å². The van der Waals surface area contributed by atoms with E-state index in [1.165, 1.54) is 22.0 Å². The molecule has 3 heterocycles. The quantitative estimate of drug-likeness (QED) is 0.416. The van der Waals surface area contributed by atoms with E-state index in [4.69, 9.17) is 0 Å². The lowest BCUT2D eigenvalue weighted by Gasteiger charge is -2.20. The minimum Gasteiger partial charge on any atom is -0.338 e. The van der Waals surface area contributed by atoms with E-state index in [2.05, 4.69) is 51.2 Å². The van der Waals surface area contributed by atoms with Crippen LogP contribution in [0.5, 0.6) is 0 Å². The number of carbonyl (C=O) groups excluding carboxylic acids is 1. The summed E-state index contributed by atoms with van der Waals surface area (Å²) in [6.07, 6.45) is 0.813. The summed E-state index contributed by atoms with van der Waals surface area (Å²) in [4.78, 5) is 14.7. The van der Waals surface area contributed by atoms with Crippen molar-refractivity contribution in [1.82, 2.24) is 19.5 Å². The van der Waals surface area contributed by atoms with Crippen molar-refractivity contribution in [3.05, 3.63) is 59.2 Å². The Hall–Kier alpha value is -2.38. The number of aryl methyl sites for hydroxylation is 1. The molecule has 7 heteroatoms. The molecule has 0 aliphatic carbocycles. The topological polar surface area (TPSA) is 50.5 Å². The van der Waals surface area contributed by atoms with Gasteiger partial charge in [-0.05, 0) is 30.0 Å². The summed E-state index contributed by atoms with van der Waals surface area (Å²) in [5.74, 6) is 1.41. The molecular weight excluding hydrogens is 388 g/mol. The van der Waals surface area contributed by atoms with E-state index in [9.17, 15) is 4.79 Å². The van der Waals surface area contributed by atoms with Crippen LogP contribution in [0.3, 0.4) is 0 Å². The van der Waals surface area contributed by atoms with E-state index >= 15 is 0 Å². The lowest BCUT2D eigenvalue weighted by Crippen LogP contribution is -2.31. The molecule has 4 aromatic rings. The molecule has 144 valence electrons. The lowest BCUT2D eigenvalue weighted by molar-refractivity contribution is -0.128. The van der Waals surface area contributed by atoms with Crippen molar-refractivity contribution in [3.8, 4) is 0 Å². The van der Waals surface area contributed by atoms with Crippen molar-refractivity contribution < 1.29 is 4.79 Å². The minimum atomic E-state index is 0.115. The van der Waals surface area contributed by atoms with Crippen LogP contribution in [0.2, 0.25) is 0 Å². The third-order valence-electron chi connectivity index (χ3n) is 4.76. The zero-order valence-electron chi connectivity index (χ0n) is 16.0. The van der Waals surface area contributed by atoms with Gasteiger partial charge >= 0.3 is 0 Å². The molecule has 0 unspecified atom stereocenters. The molecule has 28 heavy (non-hydrogen) atoms. The molecule has 0 saturated heterocycles. The van der Waals surface area contributed by atoms with Gasteiger partial charge < -0.3 is 4.90 Å². The number of nitrogens with zero attached hydrogens (tertiary/aromatic N) is 4. The third-order valence-corrected chi connectivity index (χ3v) is 6.56. The fourth-order valence-electron chi connectivity index (χ4n) is 3.29. The van der Waals surface area contributed by atoms with Crippen LogP contribution in [0.4, 0.5) is 0 Å². The van der Waals surface area contributed by atoms with Crippen molar-refractivity contribution in [1.29, 1.82) is 0 Å². The summed E-state index contributed by atoms with van der Waals surface area (Å²) in [6.45, 7) is 5.42. The predicted octanol–water partition coefficient (Wildman–Crippen LogP) is 4.65. The zero-order chi connectivity index (χ0) is 19.5. The van der Waals surface area contributed by atoms with Gasteiger partial charge in [0.1, 0.15) is 10.9 Å². The summed E-state index contributed by atoms with van der Waals surface area (Å²) >= 11 is 3.18. The highest BCUT2D eigenvalue weighted by molar-refractivity contribution is 8.00. The van der Waals surface area contributed by atoms with E-state index in [0.29, 0.717) is 18.8 Å². The predicted molar refractivity (Wildman–Crippen MR) is 116 cm³/mol. The highest BCUT2D eigenvalue weighted by Gasteiger charge is 2.17. The second-order valence-electron chi connectivity index (χ2n) is 6.49. The van der Waals surface area contributed by atoms with Crippen LogP contribution in [0.25, 0.3) is 15.7 Å². The van der Waals surface area contributed by atoms with Gasteiger partial charge in [-0.2, -0.15) is 0 Å². The number of carbonyl (C=O) groups is 1. The molecule has 3 aromatic heterocycles. The Bertz CT molecular complexity index is 1100. The minimum absolute atomic E-state index is 0.115. The van der Waals surface area contributed by atoms with E-state index in [0.717, 1.165) is 28.4 Å². The van der Waals surface area contributed by atoms with Gasteiger partial charge in [-0.3, -0.25) is 9.20 Å². The SMILES string of the molecule is CCc1nnc(SCC(=O)N(CC)Cc2ccccc2)c2cc3sccc3n12. The van der Waals surface area contributed by atoms with Crippen LogP contribution >= 0.6 is 23.1 Å². The molecule has 4 rings (SSSR count). The van der Waals surface area contributed by atoms with Gasteiger partial charge in [0.15, 0.2) is 0 Å². The summed E-state index contributed by atoms with van der Waals surface area (Å²) in [5, 5.41) is 11.7. The van der Waals surface area contributed by atoms with E-state index in [1.807, 2.05) is 30.0 Å². The summed E-state index contributed by atoms with van der Waals surface area (Å²) in [5.41, 5.74) is 3.35. The van der Waals surface area contributed by atoms with Gasteiger partial charge in [-0.25, -0.2) is 0 Å². The smallest absolute Gasteiger partial charge is 0.233 e.